The van der Waals surface area contributed by atoms with Crippen LogP contribution in [-0.2, 0) is 6.42 Å². The molecule has 0 saturated heterocycles. The van der Waals surface area contributed by atoms with Crippen LogP contribution in [0.15, 0.2) is 30.3 Å². The maximum atomic E-state index is 9.95. The smallest absolute Gasteiger partial charge is 0.176 e. The van der Waals surface area contributed by atoms with Gasteiger partial charge in [-0.1, -0.05) is 36.2 Å². The molecule has 3 rings (SSSR count). The summed E-state index contributed by atoms with van der Waals surface area (Å²) in [5.74, 6) is -0.00178. The van der Waals surface area contributed by atoms with E-state index in [0.717, 1.165) is 36.3 Å². The SMILES string of the molecule is CC1CCc2c(cc(O)c(O)c2Cl)N(c2cccc(Cl)c2)C1. The number of fused-ring (bicyclic) bond motifs is 1. The van der Waals surface area contributed by atoms with Gasteiger partial charge in [0.05, 0.1) is 5.02 Å². The molecular formula is C17H17Cl2NO2. The highest BCUT2D eigenvalue weighted by atomic mass is 35.5. The molecule has 0 radical (unpaired) electrons. The fourth-order valence-electron chi connectivity index (χ4n) is 2.91. The number of benzene rings is 2. The highest BCUT2D eigenvalue weighted by Gasteiger charge is 2.25. The summed E-state index contributed by atoms with van der Waals surface area (Å²) in [6, 6.07) is 9.17. The molecule has 0 bridgehead atoms. The molecule has 1 unspecified atom stereocenters. The molecule has 2 N–H and O–H groups in total. The molecule has 0 fully saturated rings. The van der Waals surface area contributed by atoms with Crippen LogP contribution in [0, 0.1) is 5.92 Å². The average Bonchev–Trinajstić information content (AvgIpc) is 2.65. The fraction of sp³-hybridized carbons (Fsp3) is 0.294. The van der Waals surface area contributed by atoms with E-state index in [9.17, 15) is 10.2 Å². The van der Waals surface area contributed by atoms with Crippen molar-refractivity contribution in [3.63, 3.8) is 0 Å². The Morgan fingerprint density at radius 3 is 2.68 bits per heavy atom. The molecule has 22 heavy (non-hydrogen) atoms. The van der Waals surface area contributed by atoms with Crippen LogP contribution in [0.25, 0.3) is 0 Å². The van der Waals surface area contributed by atoms with Gasteiger partial charge < -0.3 is 15.1 Å². The number of nitrogens with zero attached hydrogens (tertiary/aromatic N) is 1. The van der Waals surface area contributed by atoms with Crippen molar-refractivity contribution in [3.05, 3.63) is 45.9 Å². The lowest BCUT2D eigenvalue weighted by Gasteiger charge is -2.27. The molecule has 1 heterocycles. The summed E-state index contributed by atoms with van der Waals surface area (Å²) in [6.07, 6.45) is 1.73. The lowest BCUT2D eigenvalue weighted by molar-refractivity contribution is 0.403. The van der Waals surface area contributed by atoms with Crippen molar-refractivity contribution in [2.45, 2.75) is 19.8 Å². The van der Waals surface area contributed by atoms with Crippen LogP contribution in [0.2, 0.25) is 10.0 Å². The highest BCUT2D eigenvalue weighted by molar-refractivity contribution is 6.33. The number of anilines is 2. The Labute approximate surface area is 139 Å². The van der Waals surface area contributed by atoms with Crippen LogP contribution in [0.5, 0.6) is 11.5 Å². The van der Waals surface area contributed by atoms with E-state index in [0.29, 0.717) is 10.9 Å². The molecule has 0 amide bonds. The normalized spacial score (nSPS) is 18.0. The van der Waals surface area contributed by atoms with E-state index in [2.05, 4.69) is 11.8 Å². The number of hydrogen-bond donors (Lipinski definition) is 2. The Bertz CT molecular complexity index is 718. The van der Waals surface area contributed by atoms with E-state index in [4.69, 9.17) is 23.2 Å². The topological polar surface area (TPSA) is 43.7 Å². The maximum Gasteiger partial charge on any atom is 0.176 e. The number of phenols is 2. The van der Waals surface area contributed by atoms with Gasteiger partial charge in [0.2, 0.25) is 0 Å². The second-order valence-electron chi connectivity index (χ2n) is 5.79. The molecule has 1 aliphatic heterocycles. The first-order valence-corrected chi connectivity index (χ1v) is 7.99. The fourth-order valence-corrected chi connectivity index (χ4v) is 3.38. The predicted molar refractivity (Wildman–Crippen MR) is 90.7 cm³/mol. The van der Waals surface area contributed by atoms with Crippen LogP contribution < -0.4 is 4.90 Å². The third-order valence-corrected chi connectivity index (χ3v) is 4.73. The summed E-state index contributed by atoms with van der Waals surface area (Å²) < 4.78 is 0. The lowest BCUT2D eigenvalue weighted by Crippen LogP contribution is -2.22. The van der Waals surface area contributed by atoms with Gasteiger partial charge in [-0.15, -0.1) is 0 Å². The van der Waals surface area contributed by atoms with Crippen LogP contribution in [0.4, 0.5) is 11.4 Å². The van der Waals surface area contributed by atoms with Gasteiger partial charge in [-0.05, 0) is 42.5 Å². The third kappa shape index (κ3) is 2.71. The third-order valence-electron chi connectivity index (χ3n) is 4.09. The first kappa shape index (κ1) is 15.3. The van der Waals surface area contributed by atoms with Crippen LogP contribution in [-0.4, -0.2) is 16.8 Å². The Kier molecular flexibility index (Phi) is 4.11. The molecule has 0 aromatic heterocycles. The number of rotatable bonds is 1. The summed E-state index contributed by atoms with van der Waals surface area (Å²) >= 11 is 12.4. The number of halogens is 2. The van der Waals surface area contributed by atoms with Crippen molar-refractivity contribution in [3.8, 4) is 11.5 Å². The van der Waals surface area contributed by atoms with Gasteiger partial charge >= 0.3 is 0 Å². The van der Waals surface area contributed by atoms with Gasteiger partial charge in [0.1, 0.15) is 0 Å². The van der Waals surface area contributed by atoms with Gasteiger partial charge in [-0.2, -0.15) is 0 Å². The van der Waals surface area contributed by atoms with Gasteiger partial charge in [-0.3, -0.25) is 0 Å². The van der Waals surface area contributed by atoms with Gasteiger partial charge in [0.25, 0.3) is 0 Å². The second kappa shape index (κ2) is 5.90. The molecule has 2 aromatic rings. The summed E-state index contributed by atoms with van der Waals surface area (Å²) in [4.78, 5) is 2.10. The monoisotopic (exact) mass is 337 g/mol. The molecule has 1 atom stereocenters. The Morgan fingerprint density at radius 2 is 1.95 bits per heavy atom. The van der Waals surface area contributed by atoms with Crippen molar-refractivity contribution in [1.82, 2.24) is 0 Å². The minimum Gasteiger partial charge on any atom is -0.504 e. The summed E-state index contributed by atoms with van der Waals surface area (Å²) in [5, 5.41) is 20.7. The number of aromatic hydroxyl groups is 2. The summed E-state index contributed by atoms with van der Waals surface area (Å²) in [5.41, 5.74) is 2.64. The van der Waals surface area contributed by atoms with Crippen LogP contribution in [0.1, 0.15) is 18.9 Å². The van der Waals surface area contributed by atoms with Crippen molar-refractivity contribution < 1.29 is 10.2 Å². The van der Waals surface area contributed by atoms with Crippen molar-refractivity contribution in [2.24, 2.45) is 5.92 Å². The summed E-state index contributed by atoms with van der Waals surface area (Å²) in [6.45, 7) is 2.98. The summed E-state index contributed by atoms with van der Waals surface area (Å²) in [7, 11) is 0. The Hall–Kier alpha value is -1.58. The molecule has 0 aliphatic carbocycles. The Balaban J connectivity index is 2.19. The molecular weight excluding hydrogens is 321 g/mol. The van der Waals surface area contributed by atoms with E-state index in [-0.39, 0.29) is 16.5 Å². The molecule has 3 nitrogen and oxygen atoms in total. The van der Waals surface area contributed by atoms with Crippen LogP contribution in [0.3, 0.4) is 0 Å². The largest absolute Gasteiger partial charge is 0.504 e. The number of hydrogen-bond acceptors (Lipinski definition) is 3. The molecule has 5 heteroatoms. The Morgan fingerprint density at radius 1 is 1.18 bits per heavy atom. The standard InChI is InChI=1S/C17H17Cl2NO2/c1-10-5-6-13-14(8-15(21)17(22)16(13)19)20(9-10)12-4-2-3-11(18)7-12/h2-4,7-8,10,21-22H,5-6,9H2,1H3. The van der Waals surface area contributed by atoms with Gasteiger partial charge in [0, 0.05) is 29.0 Å². The van der Waals surface area contributed by atoms with E-state index in [1.807, 2.05) is 24.3 Å². The minimum atomic E-state index is -0.249. The molecule has 0 saturated carbocycles. The first-order valence-electron chi connectivity index (χ1n) is 7.23. The zero-order chi connectivity index (χ0) is 15.9. The lowest BCUT2D eigenvalue weighted by atomic mass is 10.0. The van der Waals surface area contributed by atoms with E-state index < -0.39 is 0 Å². The molecule has 116 valence electrons. The highest BCUT2D eigenvalue weighted by Crippen LogP contribution is 2.46. The van der Waals surface area contributed by atoms with Crippen molar-refractivity contribution in [2.75, 3.05) is 11.4 Å². The van der Waals surface area contributed by atoms with Crippen LogP contribution >= 0.6 is 23.2 Å². The van der Waals surface area contributed by atoms with E-state index in [1.54, 1.807) is 6.07 Å². The van der Waals surface area contributed by atoms with E-state index >= 15 is 0 Å². The van der Waals surface area contributed by atoms with E-state index in [1.165, 1.54) is 0 Å². The average molecular weight is 338 g/mol. The molecule has 1 aliphatic rings. The zero-order valence-corrected chi connectivity index (χ0v) is 13.7. The van der Waals surface area contributed by atoms with Crippen molar-refractivity contribution >= 4 is 34.6 Å². The first-order chi connectivity index (χ1) is 10.5. The maximum absolute atomic E-state index is 9.95. The van der Waals surface area contributed by atoms with Crippen molar-refractivity contribution in [1.29, 1.82) is 0 Å². The van der Waals surface area contributed by atoms with Gasteiger partial charge in [-0.25, -0.2) is 0 Å². The zero-order valence-electron chi connectivity index (χ0n) is 12.2. The minimum absolute atomic E-state index is 0.203. The quantitative estimate of drug-likeness (QED) is 0.709. The second-order valence-corrected chi connectivity index (χ2v) is 6.60. The predicted octanol–water partition coefficient (Wildman–Crippen LogP) is 5.13. The molecule has 2 aromatic carbocycles. The molecule has 0 spiro atoms. The van der Waals surface area contributed by atoms with Gasteiger partial charge in [0.15, 0.2) is 11.5 Å². The number of phenolic OH excluding ortho intramolecular Hbond substituents is 2.